The number of benzene rings is 1. The quantitative estimate of drug-likeness (QED) is 0.653. The van der Waals surface area contributed by atoms with E-state index in [4.69, 9.17) is 9.72 Å². The molecule has 156 valence electrons. The highest BCUT2D eigenvalue weighted by atomic mass is 19.4. The van der Waals surface area contributed by atoms with Crippen LogP contribution in [-0.2, 0) is 17.3 Å². The highest BCUT2D eigenvalue weighted by Crippen LogP contribution is 2.34. The lowest BCUT2D eigenvalue weighted by atomic mass is 9.96. The van der Waals surface area contributed by atoms with Crippen LogP contribution in [0.1, 0.15) is 33.6 Å². The van der Waals surface area contributed by atoms with E-state index in [9.17, 15) is 18.4 Å². The summed E-state index contributed by atoms with van der Waals surface area (Å²) in [6.45, 7) is 5.72. The van der Waals surface area contributed by atoms with Crippen LogP contribution in [0.4, 0.5) is 19.0 Å². The summed E-state index contributed by atoms with van der Waals surface area (Å²) < 4.78 is 46.8. The molecule has 0 unspecified atom stereocenters. The Hall–Kier alpha value is -3.12. The van der Waals surface area contributed by atoms with Crippen molar-refractivity contribution in [3.8, 4) is 6.07 Å². The minimum absolute atomic E-state index is 0.189. The summed E-state index contributed by atoms with van der Waals surface area (Å²) in [6.07, 6.45) is -4.17. The maximum absolute atomic E-state index is 13.3. The summed E-state index contributed by atoms with van der Waals surface area (Å²) in [5.41, 5.74) is 2.27. The lowest BCUT2D eigenvalue weighted by Crippen LogP contribution is -2.37. The van der Waals surface area contributed by atoms with E-state index in [0.717, 1.165) is 6.07 Å². The Morgan fingerprint density at radius 3 is 2.60 bits per heavy atom. The van der Waals surface area contributed by atoms with Gasteiger partial charge in [-0.05, 0) is 31.0 Å². The van der Waals surface area contributed by atoms with Crippen LogP contribution < -0.4 is 4.90 Å². The Balaban J connectivity index is 1.82. The molecule has 0 amide bonds. The molecule has 1 aliphatic heterocycles. The Labute approximate surface area is 171 Å². The van der Waals surface area contributed by atoms with Crippen LogP contribution in [0.15, 0.2) is 24.3 Å². The Morgan fingerprint density at radius 2 is 1.93 bits per heavy atom. The van der Waals surface area contributed by atoms with Gasteiger partial charge in [-0.3, -0.25) is 0 Å². The smallest absolute Gasteiger partial charge is 0.378 e. The molecular formula is C21H20F3N5O. The van der Waals surface area contributed by atoms with Gasteiger partial charge in [0, 0.05) is 31.1 Å². The van der Waals surface area contributed by atoms with Crippen molar-refractivity contribution in [2.75, 3.05) is 31.2 Å². The molecule has 2 aromatic heterocycles. The number of ether oxygens (including phenoxy) is 1. The van der Waals surface area contributed by atoms with Crippen molar-refractivity contribution in [3.05, 3.63) is 57.9 Å². The molecule has 6 nitrogen and oxygen atoms in total. The molecule has 0 spiro atoms. The molecule has 9 heteroatoms. The second-order valence-electron chi connectivity index (χ2n) is 7.27. The monoisotopic (exact) mass is 415 g/mol. The van der Waals surface area contributed by atoms with Crippen molar-refractivity contribution in [2.24, 2.45) is 0 Å². The number of alkyl halides is 3. The third-order valence-electron chi connectivity index (χ3n) is 5.44. The molecule has 1 aromatic carbocycles. The first-order chi connectivity index (χ1) is 14.3. The molecular weight excluding hydrogens is 395 g/mol. The van der Waals surface area contributed by atoms with Gasteiger partial charge in [0.05, 0.1) is 24.5 Å². The predicted octanol–water partition coefficient (Wildman–Crippen LogP) is 3.66. The van der Waals surface area contributed by atoms with Crippen molar-refractivity contribution in [1.29, 1.82) is 5.26 Å². The van der Waals surface area contributed by atoms with Crippen LogP contribution in [0.25, 0.3) is 5.65 Å². The number of halogens is 3. The largest absolute Gasteiger partial charge is 0.416 e. The van der Waals surface area contributed by atoms with Crippen LogP contribution in [0.5, 0.6) is 0 Å². The summed E-state index contributed by atoms with van der Waals surface area (Å²) in [5, 5.41) is 14.0. The zero-order chi connectivity index (χ0) is 21.5. The highest BCUT2D eigenvalue weighted by Gasteiger charge is 2.33. The molecule has 0 radical (unpaired) electrons. The molecule has 0 aliphatic carbocycles. The molecule has 3 heterocycles. The molecule has 0 N–H and O–H groups in total. The minimum atomic E-state index is -4.41. The fourth-order valence-electron chi connectivity index (χ4n) is 3.77. The van der Waals surface area contributed by atoms with Crippen molar-refractivity contribution in [3.63, 3.8) is 0 Å². The number of anilines is 1. The molecule has 0 saturated carbocycles. The van der Waals surface area contributed by atoms with Crippen LogP contribution in [-0.4, -0.2) is 40.9 Å². The first-order valence-corrected chi connectivity index (χ1v) is 9.57. The second kappa shape index (κ2) is 7.61. The van der Waals surface area contributed by atoms with Gasteiger partial charge in [0.1, 0.15) is 17.6 Å². The number of hydrogen-bond acceptors (Lipinski definition) is 5. The number of rotatable bonds is 3. The van der Waals surface area contributed by atoms with Crippen LogP contribution in [0, 0.1) is 25.2 Å². The molecule has 0 bridgehead atoms. The van der Waals surface area contributed by atoms with E-state index in [2.05, 4.69) is 11.2 Å². The maximum Gasteiger partial charge on any atom is 0.416 e. The van der Waals surface area contributed by atoms with Gasteiger partial charge >= 0.3 is 6.18 Å². The lowest BCUT2D eigenvalue weighted by Gasteiger charge is -2.27. The number of fused-ring (bicyclic) bond motifs is 1. The summed E-state index contributed by atoms with van der Waals surface area (Å²) >= 11 is 0. The van der Waals surface area contributed by atoms with Crippen molar-refractivity contribution in [2.45, 2.75) is 26.4 Å². The van der Waals surface area contributed by atoms with Crippen LogP contribution >= 0.6 is 0 Å². The predicted molar refractivity (Wildman–Crippen MR) is 104 cm³/mol. The third-order valence-corrected chi connectivity index (χ3v) is 5.44. The van der Waals surface area contributed by atoms with Gasteiger partial charge in [0.25, 0.3) is 0 Å². The molecule has 1 fully saturated rings. The van der Waals surface area contributed by atoms with E-state index in [1.807, 2.05) is 4.90 Å². The number of nitrogens with zero attached hydrogens (tertiary/aromatic N) is 5. The summed E-state index contributed by atoms with van der Waals surface area (Å²) in [6, 6.07) is 8.02. The van der Waals surface area contributed by atoms with Gasteiger partial charge in [-0.25, -0.2) is 9.50 Å². The Kier molecular flexibility index (Phi) is 5.12. The van der Waals surface area contributed by atoms with E-state index < -0.39 is 11.7 Å². The average Bonchev–Trinajstić information content (AvgIpc) is 3.04. The van der Waals surface area contributed by atoms with E-state index in [-0.39, 0.29) is 12.0 Å². The zero-order valence-corrected chi connectivity index (χ0v) is 16.6. The van der Waals surface area contributed by atoms with Gasteiger partial charge in [-0.2, -0.15) is 23.5 Å². The van der Waals surface area contributed by atoms with Gasteiger partial charge in [0.15, 0.2) is 5.65 Å². The maximum atomic E-state index is 13.3. The molecule has 0 atom stereocenters. The fourth-order valence-corrected chi connectivity index (χ4v) is 3.77. The first kappa shape index (κ1) is 20.2. The topological polar surface area (TPSA) is 66.5 Å². The number of morpholine rings is 1. The van der Waals surface area contributed by atoms with E-state index in [1.54, 1.807) is 19.1 Å². The van der Waals surface area contributed by atoms with Crippen molar-refractivity contribution in [1.82, 2.24) is 14.6 Å². The lowest BCUT2D eigenvalue weighted by molar-refractivity contribution is -0.138. The van der Waals surface area contributed by atoms with Gasteiger partial charge in [-0.15, -0.1) is 0 Å². The van der Waals surface area contributed by atoms with Gasteiger partial charge in [-0.1, -0.05) is 12.1 Å². The van der Waals surface area contributed by atoms with E-state index >= 15 is 0 Å². The van der Waals surface area contributed by atoms with Gasteiger partial charge in [0.2, 0.25) is 0 Å². The molecule has 3 aromatic rings. The number of aromatic nitrogens is 3. The first-order valence-electron chi connectivity index (χ1n) is 9.57. The molecule has 1 saturated heterocycles. The van der Waals surface area contributed by atoms with Crippen molar-refractivity contribution >= 4 is 11.5 Å². The van der Waals surface area contributed by atoms with Crippen LogP contribution in [0.2, 0.25) is 0 Å². The highest BCUT2D eigenvalue weighted by molar-refractivity contribution is 5.60. The SMILES string of the molecule is Cc1nn2c(C#N)cc(N3CCOCC3)nc2c1Cc1cccc(C(F)(F)F)c1C. The molecule has 4 rings (SSSR count). The third kappa shape index (κ3) is 3.59. The zero-order valence-electron chi connectivity index (χ0n) is 16.6. The van der Waals surface area contributed by atoms with Crippen molar-refractivity contribution < 1.29 is 17.9 Å². The van der Waals surface area contributed by atoms with Crippen LogP contribution in [0.3, 0.4) is 0 Å². The Morgan fingerprint density at radius 1 is 1.20 bits per heavy atom. The summed E-state index contributed by atoms with van der Waals surface area (Å²) in [5.74, 6) is 0.643. The van der Waals surface area contributed by atoms with E-state index in [1.165, 1.54) is 17.5 Å². The standard InChI is InChI=1S/C21H20F3N5O/c1-13-15(4-3-5-18(13)21(22,23)24)10-17-14(2)27-29-16(12-25)11-19(26-20(17)29)28-6-8-30-9-7-28/h3-5,11H,6-10H2,1-2H3. The average molecular weight is 415 g/mol. The minimum Gasteiger partial charge on any atom is -0.378 e. The Bertz CT molecular complexity index is 1140. The number of nitriles is 1. The molecule has 30 heavy (non-hydrogen) atoms. The van der Waals surface area contributed by atoms with Gasteiger partial charge < -0.3 is 9.64 Å². The van der Waals surface area contributed by atoms with E-state index in [0.29, 0.717) is 60.3 Å². The summed E-state index contributed by atoms with van der Waals surface area (Å²) in [4.78, 5) is 6.76. The normalized spacial score (nSPS) is 14.9. The fraction of sp³-hybridized carbons (Fsp3) is 0.381. The molecule has 1 aliphatic rings. The number of aryl methyl sites for hydroxylation is 1. The summed E-state index contributed by atoms with van der Waals surface area (Å²) in [7, 11) is 0. The second-order valence-corrected chi connectivity index (χ2v) is 7.27. The number of hydrogen-bond donors (Lipinski definition) is 0.